The van der Waals surface area contributed by atoms with Crippen LogP contribution in [0.3, 0.4) is 0 Å². The molecule has 0 unspecified atom stereocenters. The van der Waals surface area contributed by atoms with Gasteiger partial charge in [0.2, 0.25) is 5.91 Å². The lowest BCUT2D eigenvalue weighted by atomic mass is 10.2. The van der Waals surface area contributed by atoms with E-state index in [1.807, 2.05) is 0 Å². The normalized spacial score (nSPS) is 10.9. The molecule has 0 aliphatic carbocycles. The van der Waals surface area contributed by atoms with Crippen molar-refractivity contribution in [3.05, 3.63) is 58.1 Å². The van der Waals surface area contributed by atoms with Crippen LogP contribution in [0, 0.1) is 0 Å². The van der Waals surface area contributed by atoms with Gasteiger partial charge in [-0.15, -0.1) is 10.2 Å². The van der Waals surface area contributed by atoms with E-state index >= 15 is 0 Å². The molecule has 0 radical (unpaired) electrons. The predicted octanol–water partition coefficient (Wildman–Crippen LogP) is 5.08. The molecular formula is C21H20Cl2N4O3S. The first kappa shape index (κ1) is 23.1. The van der Waals surface area contributed by atoms with Crippen molar-refractivity contribution in [3.8, 4) is 11.4 Å². The zero-order valence-corrected chi connectivity index (χ0v) is 19.4. The average Bonchev–Trinajstić information content (AvgIpc) is 3.06. The van der Waals surface area contributed by atoms with Crippen LogP contribution in [0.25, 0.3) is 11.4 Å². The minimum atomic E-state index is -0.437. The van der Waals surface area contributed by atoms with Crippen LogP contribution in [0.15, 0.2) is 47.6 Å². The molecule has 0 fully saturated rings. The molecule has 1 aromatic heterocycles. The second kappa shape index (κ2) is 10.2. The Balaban J connectivity index is 1.63. The highest BCUT2D eigenvalue weighted by Crippen LogP contribution is 2.30. The van der Waals surface area contributed by atoms with Crippen molar-refractivity contribution >= 4 is 52.5 Å². The number of thioether (sulfide) groups is 1. The van der Waals surface area contributed by atoms with Gasteiger partial charge in [0.15, 0.2) is 11.0 Å². The Labute approximate surface area is 194 Å². The van der Waals surface area contributed by atoms with Gasteiger partial charge in [-0.2, -0.15) is 0 Å². The summed E-state index contributed by atoms with van der Waals surface area (Å²) in [6.07, 6.45) is -0.221. The van der Waals surface area contributed by atoms with Gasteiger partial charge in [0.25, 0.3) is 0 Å². The maximum Gasteiger partial charge on any atom is 0.338 e. The van der Waals surface area contributed by atoms with E-state index in [1.165, 1.54) is 11.8 Å². The second-order valence-corrected chi connectivity index (χ2v) is 8.65. The van der Waals surface area contributed by atoms with E-state index in [0.717, 1.165) is 0 Å². The third-order valence-electron chi connectivity index (χ3n) is 4.06. The predicted molar refractivity (Wildman–Crippen MR) is 123 cm³/mol. The van der Waals surface area contributed by atoms with E-state index in [4.69, 9.17) is 27.9 Å². The third-order valence-corrected chi connectivity index (χ3v) is 5.63. The molecule has 0 spiro atoms. The molecule has 1 heterocycles. The molecule has 0 bridgehead atoms. The minimum Gasteiger partial charge on any atom is -0.459 e. The molecule has 3 rings (SSSR count). The molecule has 10 heteroatoms. The van der Waals surface area contributed by atoms with Crippen molar-refractivity contribution in [1.29, 1.82) is 0 Å². The van der Waals surface area contributed by atoms with Gasteiger partial charge in [-0.05, 0) is 50.2 Å². The van der Waals surface area contributed by atoms with E-state index in [1.54, 1.807) is 67.9 Å². The van der Waals surface area contributed by atoms with E-state index in [9.17, 15) is 9.59 Å². The number of nitrogens with one attached hydrogen (secondary N) is 1. The molecule has 31 heavy (non-hydrogen) atoms. The number of anilines is 1. The molecular weight excluding hydrogens is 459 g/mol. The first-order valence-corrected chi connectivity index (χ1v) is 11.1. The van der Waals surface area contributed by atoms with Crippen LogP contribution < -0.4 is 5.32 Å². The lowest BCUT2D eigenvalue weighted by Crippen LogP contribution is -2.16. The second-order valence-electron chi connectivity index (χ2n) is 6.86. The van der Waals surface area contributed by atoms with Gasteiger partial charge >= 0.3 is 5.97 Å². The zero-order valence-electron chi connectivity index (χ0n) is 17.1. The summed E-state index contributed by atoms with van der Waals surface area (Å²) in [7, 11) is 1.80. The van der Waals surface area contributed by atoms with E-state index in [-0.39, 0.29) is 17.8 Å². The van der Waals surface area contributed by atoms with Crippen LogP contribution in [-0.2, 0) is 16.6 Å². The number of aromatic nitrogens is 3. The van der Waals surface area contributed by atoms with Crippen LogP contribution >= 0.6 is 35.0 Å². The smallest absolute Gasteiger partial charge is 0.338 e. The fraction of sp³-hybridized carbons (Fsp3) is 0.238. The van der Waals surface area contributed by atoms with Gasteiger partial charge < -0.3 is 14.6 Å². The molecule has 1 N–H and O–H groups in total. The fourth-order valence-electron chi connectivity index (χ4n) is 2.68. The number of halogens is 2. The van der Waals surface area contributed by atoms with Gasteiger partial charge in [-0.1, -0.05) is 41.0 Å². The number of rotatable bonds is 7. The number of esters is 1. The third kappa shape index (κ3) is 6.00. The average molecular weight is 479 g/mol. The maximum atomic E-state index is 12.4. The molecule has 7 nitrogen and oxygen atoms in total. The van der Waals surface area contributed by atoms with Crippen molar-refractivity contribution in [2.24, 2.45) is 7.05 Å². The van der Waals surface area contributed by atoms with Crippen molar-refractivity contribution < 1.29 is 14.3 Å². The highest BCUT2D eigenvalue weighted by atomic mass is 35.5. The summed E-state index contributed by atoms with van der Waals surface area (Å²) in [5.74, 6) is 0.00315. The number of benzene rings is 2. The highest BCUT2D eigenvalue weighted by Gasteiger charge is 2.16. The quantitative estimate of drug-likeness (QED) is 0.376. The monoisotopic (exact) mass is 478 g/mol. The first-order valence-electron chi connectivity index (χ1n) is 9.33. The highest BCUT2D eigenvalue weighted by molar-refractivity contribution is 7.99. The van der Waals surface area contributed by atoms with Gasteiger partial charge in [0, 0.05) is 23.3 Å². The Bertz CT molecular complexity index is 1120. The van der Waals surface area contributed by atoms with Gasteiger partial charge in [0.05, 0.1) is 22.4 Å². The Morgan fingerprint density at radius 2 is 1.94 bits per heavy atom. The molecule has 3 aromatic rings. The molecule has 2 aromatic carbocycles. The summed E-state index contributed by atoms with van der Waals surface area (Å²) in [5.41, 5.74) is 1.58. The SMILES string of the molecule is CC(C)OC(=O)c1cccc(NC(=O)CSc2nnc(-c3ccc(Cl)cc3Cl)n2C)c1. The minimum absolute atomic E-state index is 0.112. The number of hydrogen-bond acceptors (Lipinski definition) is 6. The molecule has 0 aliphatic heterocycles. The number of amides is 1. The van der Waals surface area contributed by atoms with Gasteiger partial charge in [-0.25, -0.2) is 4.79 Å². The molecule has 1 amide bonds. The molecule has 162 valence electrons. The Morgan fingerprint density at radius 1 is 1.16 bits per heavy atom. The van der Waals surface area contributed by atoms with Crippen molar-refractivity contribution in [3.63, 3.8) is 0 Å². The van der Waals surface area contributed by atoms with Crippen molar-refractivity contribution in [1.82, 2.24) is 14.8 Å². The Hall–Kier alpha value is -2.55. The lowest BCUT2D eigenvalue weighted by Gasteiger charge is -2.10. The van der Waals surface area contributed by atoms with Crippen molar-refractivity contribution in [2.45, 2.75) is 25.1 Å². The number of ether oxygens (including phenoxy) is 1. The summed E-state index contributed by atoms with van der Waals surface area (Å²) in [5, 5.41) is 12.6. The number of hydrogen-bond donors (Lipinski definition) is 1. The van der Waals surface area contributed by atoms with Crippen LogP contribution in [-0.4, -0.2) is 38.5 Å². The van der Waals surface area contributed by atoms with E-state index in [0.29, 0.717) is 37.8 Å². The van der Waals surface area contributed by atoms with Crippen LogP contribution in [0.2, 0.25) is 10.0 Å². The van der Waals surface area contributed by atoms with Gasteiger partial charge in [0.1, 0.15) is 0 Å². The van der Waals surface area contributed by atoms with E-state index in [2.05, 4.69) is 15.5 Å². The lowest BCUT2D eigenvalue weighted by molar-refractivity contribution is -0.113. The van der Waals surface area contributed by atoms with Crippen LogP contribution in [0.4, 0.5) is 5.69 Å². The summed E-state index contributed by atoms with van der Waals surface area (Å²) < 4.78 is 6.94. The number of nitrogens with zero attached hydrogens (tertiary/aromatic N) is 3. The summed E-state index contributed by atoms with van der Waals surface area (Å²) in [4.78, 5) is 24.4. The van der Waals surface area contributed by atoms with Gasteiger partial charge in [-0.3, -0.25) is 4.79 Å². The summed E-state index contributed by atoms with van der Waals surface area (Å²) >= 11 is 13.4. The molecule has 0 aliphatic rings. The first-order chi connectivity index (χ1) is 14.7. The summed E-state index contributed by atoms with van der Waals surface area (Å²) in [6, 6.07) is 11.7. The Morgan fingerprint density at radius 3 is 2.65 bits per heavy atom. The number of carbonyl (C=O) groups excluding carboxylic acids is 2. The fourth-order valence-corrected chi connectivity index (χ4v) is 3.88. The van der Waals surface area contributed by atoms with Crippen molar-refractivity contribution in [2.75, 3.05) is 11.1 Å². The largest absolute Gasteiger partial charge is 0.459 e. The molecule has 0 saturated heterocycles. The maximum absolute atomic E-state index is 12.4. The van der Waals surface area contributed by atoms with Crippen LogP contribution in [0.1, 0.15) is 24.2 Å². The summed E-state index contributed by atoms with van der Waals surface area (Å²) in [6.45, 7) is 3.55. The number of carbonyl (C=O) groups is 2. The standard InChI is InChI=1S/C21H20Cl2N4O3S/c1-12(2)30-20(29)13-5-4-6-15(9-13)24-18(28)11-31-21-26-25-19(27(21)3)16-8-7-14(22)10-17(16)23/h4-10,12H,11H2,1-3H3,(H,24,28). The zero-order chi connectivity index (χ0) is 22.5. The van der Waals surface area contributed by atoms with Crippen LogP contribution in [0.5, 0.6) is 0 Å². The molecule has 0 atom stereocenters. The molecule has 0 saturated carbocycles. The Kier molecular flexibility index (Phi) is 7.59. The van der Waals surface area contributed by atoms with E-state index < -0.39 is 5.97 Å². The topological polar surface area (TPSA) is 86.1 Å².